The lowest BCUT2D eigenvalue weighted by atomic mass is 10.1. The molecule has 96 valence electrons. The number of ether oxygens (including phenoxy) is 1. The van der Waals surface area contributed by atoms with E-state index in [9.17, 15) is 5.11 Å². The van der Waals surface area contributed by atoms with Crippen LogP contribution in [0.25, 0.3) is 11.0 Å². The summed E-state index contributed by atoms with van der Waals surface area (Å²) < 4.78 is 5.47. The van der Waals surface area contributed by atoms with Crippen molar-refractivity contribution in [2.45, 2.75) is 13.0 Å². The largest absolute Gasteiger partial charge is 0.394 e. The molecule has 1 aromatic carbocycles. The Morgan fingerprint density at radius 3 is 3.28 bits per heavy atom. The van der Waals surface area contributed by atoms with Crippen LogP contribution in [0.2, 0.25) is 0 Å². The van der Waals surface area contributed by atoms with Gasteiger partial charge in [-0.25, -0.2) is 4.98 Å². The van der Waals surface area contributed by atoms with Gasteiger partial charge in [-0.3, -0.25) is 0 Å². The van der Waals surface area contributed by atoms with Crippen molar-refractivity contribution < 1.29 is 9.84 Å². The fraction of sp³-hybridized carbons (Fsp3) is 0.462. The number of fused-ring (bicyclic) bond motifs is 1. The smallest absolute Gasteiger partial charge is 0.0980 e. The molecule has 1 fully saturated rings. The minimum atomic E-state index is -0.0866. The van der Waals surface area contributed by atoms with Gasteiger partial charge in [0.1, 0.15) is 0 Å². The molecule has 0 saturated carbocycles. The Labute approximate surface area is 105 Å². The Morgan fingerprint density at radius 2 is 2.44 bits per heavy atom. The SMILES string of the molecule is Cc1cc(N2CCO[C@H](CO)C2)cc2[nH]cnc12. The van der Waals surface area contributed by atoms with Crippen molar-refractivity contribution in [1.82, 2.24) is 9.97 Å². The third-order valence-electron chi connectivity index (χ3n) is 3.41. The molecule has 0 unspecified atom stereocenters. The highest BCUT2D eigenvalue weighted by Gasteiger charge is 2.20. The van der Waals surface area contributed by atoms with Gasteiger partial charge in [0.15, 0.2) is 0 Å². The van der Waals surface area contributed by atoms with Crippen molar-refractivity contribution >= 4 is 16.7 Å². The first kappa shape index (κ1) is 11.5. The minimum Gasteiger partial charge on any atom is -0.394 e. The summed E-state index contributed by atoms with van der Waals surface area (Å²) in [6.45, 7) is 4.38. The van der Waals surface area contributed by atoms with Crippen LogP contribution in [0.5, 0.6) is 0 Å². The van der Waals surface area contributed by atoms with Gasteiger partial charge in [0.25, 0.3) is 0 Å². The van der Waals surface area contributed by atoms with Gasteiger partial charge in [-0.2, -0.15) is 0 Å². The van der Waals surface area contributed by atoms with Crippen LogP contribution < -0.4 is 4.90 Å². The number of hydrogen-bond donors (Lipinski definition) is 2. The minimum absolute atomic E-state index is 0.0712. The maximum atomic E-state index is 9.18. The number of nitrogens with zero attached hydrogens (tertiary/aromatic N) is 2. The topological polar surface area (TPSA) is 61.4 Å². The summed E-state index contributed by atoms with van der Waals surface area (Å²) in [7, 11) is 0. The van der Waals surface area contributed by atoms with Gasteiger partial charge in [0.2, 0.25) is 0 Å². The standard InChI is InChI=1S/C13H17N3O2/c1-9-4-10(5-12-13(9)15-8-14-12)16-2-3-18-11(6-16)7-17/h4-5,8,11,17H,2-3,6-7H2,1H3,(H,14,15)/t11-/m0/s1. The van der Waals surface area contributed by atoms with E-state index < -0.39 is 0 Å². The van der Waals surface area contributed by atoms with Crippen LogP contribution in [-0.4, -0.2) is 47.5 Å². The fourth-order valence-electron chi connectivity index (χ4n) is 2.46. The van der Waals surface area contributed by atoms with Crippen LogP contribution in [0.1, 0.15) is 5.56 Å². The number of imidazole rings is 1. The Balaban J connectivity index is 1.93. The molecule has 1 aliphatic heterocycles. The number of aliphatic hydroxyl groups is 1. The van der Waals surface area contributed by atoms with Crippen LogP contribution in [0.4, 0.5) is 5.69 Å². The summed E-state index contributed by atoms with van der Waals surface area (Å²) in [5.41, 5.74) is 4.39. The van der Waals surface area contributed by atoms with E-state index in [1.54, 1.807) is 6.33 Å². The first-order chi connectivity index (χ1) is 8.78. The average Bonchev–Trinajstić information content (AvgIpc) is 2.87. The van der Waals surface area contributed by atoms with Crippen molar-refractivity contribution in [2.75, 3.05) is 31.2 Å². The second-order valence-electron chi connectivity index (χ2n) is 4.68. The summed E-state index contributed by atoms with van der Waals surface area (Å²) >= 11 is 0. The number of nitrogens with one attached hydrogen (secondary N) is 1. The van der Waals surface area contributed by atoms with E-state index in [1.165, 1.54) is 0 Å². The molecular weight excluding hydrogens is 230 g/mol. The van der Waals surface area contributed by atoms with Crippen molar-refractivity contribution in [3.63, 3.8) is 0 Å². The van der Waals surface area contributed by atoms with Gasteiger partial charge in [0, 0.05) is 18.8 Å². The number of aromatic nitrogens is 2. The monoisotopic (exact) mass is 247 g/mol. The van der Waals surface area contributed by atoms with E-state index in [-0.39, 0.29) is 12.7 Å². The molecular formula is C13H17N3O2. The zero-order chi connectivity index (χ0) is 12.5. The molecule has 0 radical (unpaired) electrons. The number of anilines is 1. The highest BCUT2D eigenvalue weighted by molar-refractivity contribution is 5.82. The molecule has 5 nitrogen and oxygen atoms in total. The molecule has 2 aromatic rings. The Hall–Kier alpha value is -1.59. The molecule has 3 rings (SSSR count). The normalized spacial score (nSPS) is 20.6. The van der Waals surface area contributed by atoms with Gasteiger partial charge in [0.05, 0.1) is 36.7 Å². The fourth-order valence-corrected chi connectivity index (χ4v) is 2.46. The summed E-state index contributed by atoms with van der Waals surface area (Å²) in [5.74, 6) is 0. The molecule has 0 aliphatic carbocycles. The summed E-state index contributed by atoms with van der Waals surface area (Å²) in [5, 5.41) is 9.18. The maximum Gasteiger partial charge on any atom is 0.0980 e. The molecule has 18 heavy (non-hydrogen) atoms. The Kier molecular flexibility index (Phi) is 2.93. The zero-order valence-electron chi connectivity index (χ0n) is 10.4. The lowest BCUT2D eigenvalue weighted by Gasteiger charge is -2.33. The van der Waals surface area contributed by atoms with Crippen molar-refractivity contribution in [1.29, 1.82) is 0 Å². The number of aryl methyl sites for hydroxylation is 1. The van der Waals surface area contributed by atoms with Crippen molar-refractivity contribution in [3.8, 4) is 0 Å². The van der Waals surface area contributed by atoms with E-state index in [0.29, 0.717) is 6.61 Å². The lowest BCUT2D eigenvalue weighted by Crippen LogP contribution is -2.44. The van der Waals surface area contributed by atoms with Crippen LogP contribution in [0.15, 0.2) is 18.5 Å². The van der Waals surface area contributed by atoms with Gasteiger partial charge in [-0.05, 0) is 24.6 Å². The van der Waals surface area contributed by atoms with Crippen LogP contribution in [0.3, 0.4) is 0 Å². The third kappa shape index (κ3) is 1.95. The van der Waals surface area contributed by atoms with E-state index >= 15 is 0 Å². The number of morpholine rings is 1. The van der Waals surface area contributed by atoms with E-state index in [2.05, 4.69) is 33.9 Å². The molecule has 0 amide bonds. The number of hydrogen-bond acceptors (Lipinski definition) is 4. The molecule has 1 atom stereocenters. The van der Waals surface area contributed by atoms with Crippen LogP contribution in [0, 0.1) is 6.92 Å². The first-order valence-corrected chi connectivity index (χ1v) is 6.19. The number of benzene rings is 1. The van der Waals surface area contributed by atoms with Crippen molar-refractivity contribution in [2.24, 2.45) is 0 Å². The van der Waals surface area contributed by atoms with Crippen molar-refractivity contribution in [3.05, 3.63) is 24.0 Å². The molecule has 0 spiro atoms. The first-order valence-electron chi connectivity index (χ1n) is 6.19. The van der Waals surface area contributed by atoms with Gasteiger partial charge in [-0.15, -0.1) is 0 Å². The molecule has 1 aliphatic rings. The molecule has 1 aromatic heterocycles. The van der Waals surface area contributed by atoms with E-state index in [0.717, 1.165) is 35.4 Å². The van der Waals surface area contributed by atoms with Crippen LogP contribution >= 0.6 is 0 Å². The quantitative estimate of drug-likeness (QED) is 0.833. The van der Waals surface area contributed by atoms with Gasteiger partial charge in [-0.1, -0.05) is 0 Å². The highest BCUT2D eigenvalue weighted by Crippen LogP contribution is 2.25. The predicted molar refractivity (Wildman–Crippen MR) is 69.9 cm³/mol. The molecule has 1 saturated heterocycles. The Morgan fingerprint density at radius 1 is 1.56 bits per heavy atom. The maximum absolute atomic E-state index is 9.18. The average molecular weight is 247 g/mol. The number of H-pyrrole nitrogens is 1. The van der Waals surface area contributed by atoms with Gasteiger partial charge >= 0.3 is 0 Å². The summed E-state index contributed by atoms with van der Waals surface area (Å²) in [6, 6.07) is 4.25. The van der Waals surface area contributed by atoms with Gasteiger partial charge < -0.3 is 19.7 Å². The number of aliphatic hydroxyl groups excluding tert-OH is 1. The van der Waals surface area contributed by atoms with E-state index in [1.807, 2.05) is 0 Å². The third-order valence-corrected chi connectivity index (χ3v) is 3.41. The zero-order valence-corrected chi connectivity index (χ0v) is 10.4. The number of aromatic amines is 1. The predicted octanol–water partition coefficient (Wildman–Crippen LogP) is 1.07. The molecule has 5 heteroatoms. The summed E-state index contributed by atoms with van der Waals surface area (Å²) in [4.78, 5) is 9.69. The number of rotatable bonds is 2. The van der Waals surface area contributed by atoms with Crippen LogP contribution in [-0.2, 0) is 4.74 Å². The van der Waals surface area contributed by atoms with E-state index in [4.69, 9.17) is 4.74 Å². The molecule has 0 bridgehead atoms. The second kappa shape index (κ2) is 4.59. The highest BCUT2D eigenvalue weighted by atomic mass is 16.5. The Bertz CT molecular complexity index is 552. The second-order valence-corrected chi connectivity index (χ2v) is 4.68. The summed E-state index contributed by atoms with van der Waals surface area (Å²) in [6.07, 6.45) is 1.63. The molecule has 2 heterocycles. The molecule has 2 N–H and O–H groups in total. The lowest BCUT2D eigenvalue weighted by molar-refractivity contribution is 0.00357.